The van der Waals surface area contributed by atoms with Crippen LogP contribution >= 0.6 is 11.3 Å². The van der Waals surface area contributed by atoms with E-state index in [0.29, 0.717) is 19.5 Å². The van der Waals surface area contributed by atoms with Gasteiger partial charge >= 0.3 is 0 Å². The lowest BCUT2D eigenvalue weighted by molar-refractivity contribution is -0.133. The third-order valence-electron chi connectivity index (χ3n) is 2.66. The van der Waals surface area contributed by atoms with Crippen LogP contribution < -0.4 is 5.32 Å². The summed E-state index contributed by atoms with van der Waals surface area (Å²) in [5.41, 5.74) is 0. The molecule has 1 unspecified atom stereocenters. The zero-order chi connectivity index (χ0) is 12.4. The smallest absolute Gasteiger partial charge is 0.245 e. The number of nitrogens with zero attached hydrogens (tertiary/aromatic N) is 2. The molecule has 1 aliphatic rings. The van der Waals surface area contributed by atoms with Crippen molar-refractivity contribution in [1.82, 2.24) is 15.2 Å². The summed E-state index contributed by atoms with van der Waals surface area (Å²) in [6, 6.07) is -0.439. The van der Waals surface area contributed by atoms with Crippen molar-refractivity contribution in [1.29, 1.82) is 0 Å². The quantitative estimate of drug-likeness (QED) is 0.843. The molecule has 1 aliphatic heterocycles. The fourth-order valence-corrected chi connectivity index (χ4v) is 2.59. The Bertz CT molecular complexity index is 444. The monoisotopic (exact) mass is 253 g/mol. The summed E-state index contributed by atoms with van der Waals surface area (Å²) in [6.45, 7) is 4.66. The van der Waals surface area contributed by atoms with Gasteiger partial charge in [-0.1, -0.05) is 0 Å². The van der Waals surface area contributed by atoms with E-state index in [1.165, 1.54) is 0 Å². The second kappa shape index (κ2) is 4.83. The first-order valence-electron chi connectivity index (χ1n) is 5.55. The number of hydrogen-bond donors (Lipinski definition) is 1. The van der Waals surface area contributed by atoms with Crippen LogP contribution in [0.25, 0.3) is 0 Å². The van der Waals surface area contributed by atoms with Crippen LogP contribution in [-0.2, 0) is 16.1 Å². The summed E-state index contributed by atoms with van der Waals surface area (Å²) >= 11 is 1.58. The SMILES string of the molecule is Cc1cnc(CN2CCC(=O)NC(C)C2=O)s1. The van der Waals surface area contributed by atoms with E-state index < -0.39 is 6.04 Å². The molecule has 92 valence electrons. The summed E-state index contributed by atoms with van der Waals surface area (Å²) in [4.78, 5) is 30.4. The van der Waals surface area contributed by atoms with Gasteiger partial charge in [0.15, 0.2) is 0 Å². The maximum Gasteiger partial charge on any atom is 0.245 e. The molecule has 0 bridgehead atoms. The topological polar surface area (TPSA) is 62.3 Å². The van der Waals surface area contributed by atoms with E-state index in [1.807, 2.05) is 6.92 Å². The number of thiazole rings is 1. The first-order chi connectivity index (χ1) is 8.06. The Hall–Kier alpha value is -1.43. The van der Waals surface area contributed by atoms with Crippen molar-refractivity contribution < 1.29 is 9.59 Å². The zero-order valence-corrected chi connectivity index (χ0v) is 10.7. The molecule has 1 fully saturated rings. The Morgan fingerprint density at radius 1 is 1.59 bits per heavy atom. The van der Waals surface area contributed by atoms with Crippen LogP contribution in [0, 0.1) is 6.92 Å². The van der Waals surface area contributed by atoms with E-state index >= 15 is 0 Å². The Morgan fingerprint density at radius 3 is 3.00 bits per heavy atom. The predicted molar refractivity (Wildman–Crippen MR) is 64.5 cm³/mol. The molecule has 2 heterocycles. The van der Waals surface area contributed by atoms with Gasteiger partial charge in [-0.15, -0.1) is 11.3 Å². The first-order valence-corrected chi connectivity index (χ1v) is 6.37. The molecule has 1 atom stereocenters. The fraction of sp³-hybridized carbons (Fsp3) is 0.545. The van der Waals surface area contributed by atoms with Gasteiger partial charge in [0.05, 0.1) is 6.54 Å². The predicted octanol–water partition coefficient (Wildman–Crippen LogP) is 0.689. The van der Waals surface area contributed by atoms with Crippen molar-refractivity contribution in [2.75, 3.05) is 6.54 Å². The molecule has 5 nitrogen and oxygen atoms in total. The molecule has 2 rings (SSSR count). The molecular weight excluding hydrogens is 238 g/mol. The van der Waals surface area contributed by atoms with Crippen molar-refractivity contribution in [3.63, 3.8) is 0 Å². The number of aromatic nitrogens is 1. The Balaban J connectivity index is 2.08. The van der Waals surface area contributed by atoms with Crippen molar-refractivity contribution in [3.8, 4) is 0 Å². The lowest BCUT2D eigenvalue weighted by Gasteiger charge is -2.20. The van der Waals surface area contributed by atoms with Crippen LogP contribution in [0.1, 0.15) is 23.2 Å². The highest BCUT2D eigenvalue weighted by molar-refractivity contribution is 7.11. The normalized spacial score (nSPS) is 21.3. The number of carbonyl (C=O) groups excluding carboxylic acids is 2. The molecule has 6 heteroatoms. The average molecular weight is 253 g/mol. The van der Waals surface area contributed by atoms with Crippen molar-refractivity contribution in [2.24, 2.45) is 0 Å². The fourth-order valence-electron chi connectivity index (χ4n) is 1.79. The third-order valence-corrected chi connectivity index (χ3v) is 3.56. The van der Waals surface area contributed by atoms with Crippen molar-refractivity contribution >= 4 is 23.2 Å². The van der Waals surface area contributed by atoms with Crippen LogP contribution in [0.3, 0.4) is 0 Å². The molecule has 0 aromatic carbocycles. The van der Waals surface area contributed by atoms with Crippen LogP contribution in [0.4, 0.5) is 0 Å². The molecule has 1 aromatic heterocycles. The van der Waals surface area contributed by atoms with E-state index in [1.54, 1.807) is 29.4 Å². The van der Waals surface area contributed by atoms with E-state index in [9.17, 15) is 9.59 Å². The van der Waals surface area contributed by atoms with E-state index in [-0.39, 0.29) is 11.8 Å². The van der Waals surface area contributed by atoms with Gasteiger partial charge in [-0.05, 0) is 13.8 Å². The molecule has 1 saturated heterocycles. The molecule has 0 aliphatic carbocycles. The van der Waals surface area contributed by atoms with E-state index in [0.717, 1.165) is 9.88 Å². The second-order valence-electron chi connectivity index (χ2n) is 4.16. The van der Waals surface area contributed by atoms with Crippen LogP contribution in [0.2, 0.25) is 0 Å². The maximum absolute atomic E-state index is 12.0. The highest BCUT2D eigenvalue weighted by Gasteiger charge is 2.26. The summed E-state index contributed by atoms with van der Waals surface area (Å²) in [6.07, 6.45) is 2.16. The van der Waals surface area contributed by atoms with Crippen molar-refractivity contribution in [2.45, 2.75) is 32.9 Å². The lowest BCUT2D eigenvalue weighted by Crippen LogP contribution is -2.42. The van der Waals surface area contributed by atoms with Gasteiger partial charge in [-0.3, -0.25) is 9.59 Å². The second-order valence-corrected chi connectivity index (χ2v) is 5.48. The summed E-state index contributed by atoms with van der Waals surface area (Å²) in [5.74, 6) is -0.104. The minimum atomic E-state index is -0.439. The van der Waals surface area contributed by atoms with Gasteiger partial charge in [0.2, 0.25) is 11.8 Å². The van der Waals surface area contributed by atoms with Crippen LogP contribution in [0.15, 0.2) is 6.20 Å². The molecular formula is C11H15N3O2S. The molecule has 1 N–H and O–H groups in total. The average Bonchev–Trinajstić information content (AvgIpc) is 2.64. The minimum absolute atomic E-state index is 0.0382. The molecule has 17 heavy (non-hydrogen) atoms. The Morgan fingerprint density at radius 2 is 2.35 bits per heavy atom. The highest BCUT2D eigenvalue weighted by Crippen LogP contribution is 2.15. The first kappa shape index (κ1) is 12.0. The molecule has 0 saturated carbocycles. The summed E-state index contributed by atoms with van der Waals surface area (Å²) in [5, 5.41) is 3.58. The number of aryl methyl sites for hydroxylation is 1. The van der Waals surface area contributed by atoms with Gasteiger partial charge in [0, 0.05) is 24.0 Å². The third kappa shape index (κ3) is 2.82. The Kier molecular flexibility index (Phi) is 3.42. The van der Waals surface area contributed by atoms with Gasteiger partial charge in [-0.2, -0.15) is 0 Å². The largest absolute Gasteiger partial charge is 0.345 e. The van der Waals surface area contributed by atoms with Gasteiger partial charge in [-0.25, -0.2) is 4.98 Å². The van der Waals surface area contributed by atoms with Gasteiger partial charge in [0.25, 0.3) is 0 Å². The van der Waals surface area contributed by atoms with E-state index in [4.69, 9.17) is 0 Å². The van der Waals surface area contributed by atoms with Gasteiger partial charge < -0.3 is 10.2 Å². The number of nitrogens with one attached hydrogen (secondary N) is 1. The lowest BCUT2D eigenvalue weighted by atomic mass is 10.3. The Labute approximate surface area is 104 Å². The minimum Gasteiger partial charge on any atom is -0.345 e. The zero-order valence-electron chi connectivity index (χ0n) is 9.90. The summed E-state index contributed by atoms with van der Waals surface area (Å²) in [7, 11) is 0. The standard InChI is InChI=1S/C11H15N3O2S/c1-7-5-12-10(17-7)6-14-4-3-9(15)13-8(2)11(14)16/h5,8H,3-4,6H2,1-2H3,(H,13,15). The van der Waals surface area contributed by atoms with E-state index in [2.05, 4.69) is 10.3 Å². The molecule has 0 radical (unpaired) electrons. The number of carbonyl (C=O) groups is 2. The summed E-state index contributed by atoms with van der Waals surface area (Å²) < 4.78 is 0. The highest BCUT2D eigenvalue weighted by atomic mass is 32.1. The van der Waals surface area contributed by atoms with Crippen LogP contribution in [-0.4, -0.2) is 34.3 Å². The number of amides is 2. The number of hydrogen-bond acceptors (Lipinski definition) is 4. The molecule has 0 spiro atoms. The van der Waals surface area contributed by atoms with Crippen molar-refractivity contribution in [3.05, 3.63) is 16.1 Å². The molecule has 1 aromatic rings. The number of rotatable bonds is 2. The van der Waals surface area contributed by atoms with Gasteiger partial charge in [0.1, 0.15) is 11.0 Å². The van der Waals surface area contributed by atoms with Crippen LogP contribution in [0.5, 0.6) is 0 Å². The maximum atomic E-state index is 12.0. The molecule has 2 amide bonds.